The number of phenols is 2. The van der Waals surface area contributed by atoms with Crippen LogP contribution in [0.25, 0.3) is 11.1 Å². The van der Waals surface area contributed by atoms with Gasteiger partial charge in [-0.15, -0.1) is 0 Å². The third kappa shape index (κ3) is 19.1. The fourth-order valence-electron chi connectivity index (χ4n) is 15.1. The number of carbonyl (C=O) groups excluding carboxylic acids is 9. The second kappa shape index (κ2) is 36.1. The quantitative estimate of drug-likeness (QED) is 0.0440. The molecule has 36 nitrogen and oxygen atoms in total. The van der Waals surface area contributed by atoms with Crippen LogP contribution >= 0.6 is 11.6 Å². The second-order valence-corrected chi connectivity index (χ2v) is 30.5. The molecule has 13 rings (SSSR count). The lowest BCUT2D eigenvalue weighted by atomic mass is 9.85. The Kier molecular flexibility index (Phi) is 26.8. The number of carbonyl (C=O) groups is 10. The number of carboxylic acid groups (broad SMARTS) is 1. The summed E-state index contributed by atoms with van der Waals surface area (Å²) >= 11 is 7.18. The summed E-state index contributed by atoms with van der Waals surface area (Å²) in [6.07, 6.45) is -15.5. The molecule has 0 unspecified atom stereocenters. The van der Waals surface area contributed by atoms with Gasteiger partial charge in [0.2, 0.25) is 59.3 Å². The van der Waals surface area contributed by atoms with E-state index in [4.69, 9.17) is 50.5 Å². The van der Waals surface area contributed by atoms with Gasteiger partial charge in [-0.1, -0.05) is 56.5 Å². The van der Waals surface area contributed by atoms with E-state index >= 15 is 24.0 Å². The standard InChI is InChI=1S/C78H96ClN11O25/c1-32(2)21-45(81-8)69(100)88-60-62(96)38-14-17-49(33(3)22-38)110-51-25-40-26-52(66(51)114-76-67(65(99)64(98)53(31-91)112-76)113-55-29-78(7)68(35(5)109-55)115-77(108)90-78)111-50-18-15-39(24-44(50)79)63(97)61-74(105)87-59(75(106)107)42-27-48(94)43(30-82-19-11-9-10-12-20-83-36(6)92)34(4)56(42)41-23-37(13-16-47(41)93)57(71(102)89-61)86-72(103)58(40)85-70(101)46(28-54(80)95)84-73(60)104/h13-18,22-27,32,35,45-46,53,55,57-65,67-68,76,81-82,91,93-94,96-99H,9-12,19-21,28-31H2,1-8H3,(H2,80,95)(H,83,92)(H,84,104)(H,85,101)(H,86,103)(H,87,105)(H,88,100)(H,89,102)(H,90,108)(H,106,107)/t35-,45+,46-,53+,55-,57+,58+,59-,60+,61-,62+,63+,64+,65-,67+,68+,76-,78-/m0/s1. The van der Waals surface area contributed by atoms with Gasteiger partial charge in [0.05, 0.1) is 35.7 Å². The molecule has 5 aromatic rings. The van der Waals surface area contributed by atoms with Gasteiger partial charge in [0.1, 0.15) is 83.7 Å². The summed E-state index contributed by atoms with van der Waals surface area (Å²) in [5.74, 6) is -13.9. The molecule has 3 fully saturated rings. The minimum Gasteiger partial charge on any atom is -0.508 e. The molecule has 0 aliphatic carbocycles. The molecule has 18 atom stereocenters. The van der Waals surface area contributed by atoms with E-state index in [-0.39, 0.29) is 92.8 Å². The van der Waals surface area contributed by atoms with Gasteiger partial charge in [0.15, 0.2) is 36.0 Å². The van der Waals surface area contributed by atoms with Crippen molar-refractivity contribution in [2.24, 2.45) is 11.7 Å². The first-order valence-electron chi connectivity index (χ1n) is 37.6. The maximum absolute atomic E-state index is 16.4. The topological polar surface area (TPSA) is 543 Å². The van der Waals surface area contributed by atoms with Crippen molar-refractivity contribution in [3.05, 3.63) is 122 Å². The number of likely N-dealkylation sites (N-methyl/N-ethyl adjacent to an activating group) is 1. The SMILES string of the molecule is CN[C@H](CC(C)C)C(=O)N[C@H]1C(=O)N[C@@H](CC(N)=O)C(=O)N[C@H]2C(=O)N[C@H]3C(=O)N[C@H](C(=O)N[C@H](C(=O)O)c4cc(O)c(CNCCCCCCNC(C)=O)c(C)c4-c4cc3ccc4O)[C@H](O)c3ccc(c(Cl)c3)Oc3cc2cc(c3O[C@@H]2O[C@H](CO)[C@@H](O)[C@H](O)[C@H]2O[C@H]2C[C@]3(C)NC(=O)O[C@@H]3[C@H](C)O2)Oc2ccc(cc2C)[C@H]1O. The number of amides is 9. The van der Waals surface area contributed by atoms with Crippen LogP contribution in [-0.4, -0.2) is 206 Å². The molecule has 3 saturated heterocycles. The van der Waals surface area contributed by atoms with Crippen LogP contribution in [0.2, 0.25) is 5.02 Å². The number of aryl methyl sites for hydroxylation is 1. The van der Waals surface area contributed by atoms with E-state index in [2.05, 4.69) is 53.2 Å². The lowest BCUT2D eigenvalue weighted by molar-refractivity contribution is -0.332. The largest absolute Gasteiger partial charge is 0.508 e. The van der Waals surface area contributed by atoms with Crippen molar-refractivity contribution in [1.29, 1.82) is 0 Å². The number of nitrogens with one attached hydrogen (secondary N) is 10. The van der Waals surface area contributed by atoms with Crippen molar-refractivity contribution in [3.8, 4) is 51.4 Å². The Morgan fingerprint density at radius 2 is 1.38 bits per heavy atom. The number of hydrogen-bond donors (Lipinski definition) is 19. The fourth-order valence-corrected chi connectivity index (χ4v) is 15.3. The second-order valence-electron chi connectivity index (χ2n) is 30.1. The number of hydrogen-bond acceptors (Lipinski definition) is 26. The fraction of sp³-hybridized carbons (Fsp3) is 0.487. The Morgan fingerprint density at radius 1 is 0.730 bits per heavy atom. The highest BCUT2D eigenvalue weighted by atomic mass is 35.5. The first-order chi connectivity index (χ1) is 54.6. The highest BCUT2D eigenvalue weighted by molar-refractivity contribution is 6.32. The minimum absolute atomic E-state index is 0.0266. The molecule has 20 N–H and O–H groups in total. The van der Waals surface area contributed by atoms with Gasteiger partial charge >= 0.3 is 12.1 Å². The van der Waals surface area contributed by atoms with Gasteiger partial charge in [-0.3, -0.25) is 38.4 Å². The number of nitrogens with two attached hydrogens (primary N) is 1. The van der Waals surface area contributed by atoms with Crippen LogP contribution in [0.15, 0.2) is 72.8 Å². The number of aliphatic hydroxyl groups is 5. The minimum atomic E-state index is -2.31. The lowest BCUT2D eigenvalue weighted by Gasteiger charge is -2.46. The number of aromatic hydroxyl groups is 2. The van der Waals surface area contributed by atoms with E-state index in [9.17, 15) is 64.8 Å². The third-order valence-corrected chi connectivity index (χ3v) is 21.4. The summed E-state index contributed by atoms with van der Waals surface area (Å²) in [5, 5.41) is 121. The molecule has 11 bridgehead atoms. The van der Waals surface area contributed by atoms with Gasteiger partial charge in [-0.2, -0.15) is 0 Å². The summed E-state index contributed by atoms with van der Waals surface area (Å²) in [4.78, 5) is 143. The zero-order chi connectivity index (χ0) is 83.3. The van der Waals surface area contributed by atoms with Crippen LogP contribution in [-0.2, 0) is 68.6 Å². The molecule has 0 spiro atoms. The first-order valence-corrected chi connectivity index (χ1v) is 38.0. The van der Waals surface area contributed by atoms with E-state index in [1.165, 1.54) is 70.3 Å². The molecule has 8 heterocycles. The van der Waals surface area contributed by atoms with Crippen LogP contribution in [0, 0.1) is 19.8 Å². The number of ether oxygens (including phenoxy) is 7. The molecule has 0 aromatic heterocycles. The van der Waals surface area contributed by atoms with Crippen LogP contribution in [0.5, 0.6) is 40.2 Å². The molecular formula is C78H96ClN11O25. The van der Waals surface area contributed by atoms with Crippen molar-refractivity contribution < 1.29 is 122 Å². The number of primary amides is 1. The summed E-state index contributed by atoms with van der Waals surface area (Å²) in [6, 6.07) is 0.384. The normalized spacial score (nSPS) is 27.6. The molecule has 0 saturated carbocycles. The number of benzene rings is 5. The average Bonchev–Trinajstić information content (AvgIpc) is 1.28. The zero-order valence-corrected chi connectivity index (χ0v) is 64.8. The molecule has 115 heavy (non-hydrogen) atoms. The molecule has 37 heteroatoms. The number of unbranched alkanes of at least 4 members (excludes halogenated alkanes) is 3. The summed E-state index contributed by atoms with van der Waals surface area (Å²) in [7, 11) is 1.50. The summed E-state index contributed by atoms with van der Waals surface area (Å²) < 4.78 is 44.8. The average molecular weight is 1620 g/mol. The van der Waals surface area contributed by atoms with Gasteiger partial charge in [-0.05, 0) is 166 Å². The Hall–Kier alpha value is -10.5. The molecule has 9 amide bonds. The van der Waals surface area contributed by atoms with Crippen molar-refractivity contribution in [3.63, 3.8) is 0 Å². The van der Waals surface area contributed by atoms with Crippen LogP contribution in [0.1, 0.15) is 154 Å². The molecule has 8 aliphatic heterocycles. The van der Waals surface area contributed by atoms with Gasteiger partial charge in [0.25, 0.3) is 0 Å². The van der Waals surface area contributed by atoms with E-state index in [1.807, 2.05) is 13.8 Å². The molecular weight excluding hydrogens is 1530 g/mol. The van der Waals surface area contributed by atoms with E-state index in [1.54, 1.807) is 13.8 Å². The number of phenolic OH excluding ortho intramolecular Hbond substituents is 2. The zero-order valence-electron chi connectivity index (χ0n) is 64.1. The maximum atomic E-state index is 16.4. The molecule has 620 valence electrons. The lowest BCUT2D eigenvalue weighted by Crippen LogP contribution is -2.63. The number of carboxylic acids is 1. The first kappa shape index (κ1) is 85.4. The maximum Gasteiger partial charge on any atom is 0.408 e. The smallest absolute Gasteiger partial charge is 0.408 e. The predicted molar refractivity (Wildman–Crippen MR) is 404 cm³/mol. The molecule has 8 aliphatic rings. The number of fused-ring (bicyclic) bond motifs is 16. The third-order valence-electron chi connectivity index (χ3n) is 21.1. The Bertz CT molecular complexity index is 4570. The number of halogens is 1. The number of rotatable bonds is 22. The van der Waals surface area contributed by atoms with Crippen LogP contribution < -0.4 is 73.1 Å². The highest BCUT2D eigenvalue weighted by Crippen LogP contribution is 2.50. The van der Waals surface area contributed by atoms with E-state index < -0.39 is 215 Å². The Morgan fingerprint density at radius 3 is 2.03 bits per heavy atom. The van der Waals surface area contributed by atoms with E-state index in [0.717, 1.165) is 49.6 Å². The van der Waals surface area contributed by atoms with Crippen molar-refractivity contribution >= 4 is 70.9 Å². The van der Waals surface area contributed by atoms with Gasteiger partial charge in [-0.25, -0.2) is 9.59 Å². The number of aliphatic hydroxyl groups excluding tert-OH is 5. The van der Waals surface area contributed by atoms with Gasteiger partial charge in [0, 0.05) is 37.6 Å². The molecule has 5 aromatic carbocycles. The van der Waals surface area contributed by atoms with Crippen molar-refractivity contribution in [2.45, 2.75) is 209 Å². The monoisotopic (exact) mass is 1620 g/mol. The predicted octanol–water partition coefficient (Wildman–Crippen LogP) is 1.94. The highest BCUT2D eigenvalue weighted by Gasteiger charge is 2.56. The van der Waals surface area contributed by atoms with Crippen LogP contribution in [0.3, 0.4) is 0 Å². The Labute approximate surface area is 664 Å². The molecule has 0 radical (unpaired) electrons. The van der Waals surface area contributed by atoms with Gasteiger partial charge < -0.3 is 133 Å². The van der Waals surface area contributed by atoms with Crippen molar-refractivity contribution in [1.82, 2.24) is 53.2 Å². The number of aliphatic carboxylic acids is 1. The van der Waals surface area contributed by atoms with E-state index in [0.29, 0.717) is 19.5 Å². The summed E-state index contributed by atoms with van der Waals surface area (Å²) in [5.41, 5.74) is 3.66. The number of alkyl carbamates (subject to hydrolysis) is 1. The Balaban J connectivity index is 1.12. The van der Waals surface area contributed by atoms with Crippen LogP contribution in [0.4, 0.5) is 4.79 Å². The summed E-state index contributed by atoms with van der Waals surface area (Å²) in [6.45, 7) is 11.3. The van der Waals surface area contributed by atoms with Crippen molar-refractivity contribution in [2.75, 3.05) is 26.7 Å².